The summed E-state index contributed by atoms with van der Waals surface area (Å²) in [6.07, 6.45) is 2.08. The molecule has 0 aliphatic carbocycles. The lowest BCUT2D eigenvalue weighted by Crippen LogP contribution is -2.40. The fraction of sp³-hybridized carbons (Fsp3) is 0.192. The van der Waals surface area contributed by atoms with Crippen molar-refractivity contribution in [3.05, 3.63) is 102 Å². The Morgan fingerprint density at radius 2 is 1.63 bits per heavy atom. The van der Waals surface area contributed by atoms with Gasteiger partial charge in [-0.05, 0) is 43.2 Å². The van der Waals surface area contributed by atoms with Crippen molar-refractivity contribution in [1.82, 2.24) is 10.3 Å². The molecule has 0 fully saturated rings. The summed E-state index contributed by atoms with van der Waals surface area (Å²) >= 11 is 0. The van der Waals surface area contributed by atoms with Gasteiger partial charge in [0.1, 0.15) is 0 Å². The van der Waals surface area contributed by atoms with Gasteiger partial charge in [-0.15, -0.1) is 0 Å². The van der Waals surface area contributed by atoms with Crippen LogP contribution in [0.5, 0.6) is 0 Å². The number of aromatic amines is 1. The fourth-order valence-corrected chi connectivity index (χ4v) is 3.75. The van der Waals surface area contributed by atoms with Crippen molar-refractivity contribution in [3.63, 3.8) is 0 Å². The Kier molecular flexibility index (Phi) is 5.96. The molecule has 30 heavy (non-hydrogen) atoms. The van der Waals surface area contributed by atoms with Crippen molar-refractivity contribution in [3.8, 4) is 0 Å². The van der Waals surface area contributed by atoms with E-state index in [0.29, 0.717) is 6.54 Å². The van der Waals surface area contributed by atoms with Crippen molar-refractivity contribution >= 4 is 22.5 Å². The van der Waals surface area contributed by atoms with Crippen LogP contribution in [0.2, 0.25) is 0 Å². The predicted molar refractivity (Wildman–Crippen MR) is 124 cm³/mol. The molecule has 3 aromatic carbocycles. The Bertz CT molecular complexity index is 1120. The van der Waals surface area contributed by atoms with Gasteiger partial charge in [0.15, 0.2) is 0 Å². The summed E-state index contributed by atoms with van der Waals surface area (Å²) in [7, 11) is 0. The number of carbonyl (C=O) groups is 1. The van der Waals surface area contributed by atoms with Gasteiger partial charge in [0, 0.05) is 35.2 Å². The van der Waals surface area contributed by atoms with Crippen LogP contribution in [-0.4, -0.2) is 23.5 Å². The number of rotatable bonds is 7. The summed E-state index contributed by atoms with van der Waals surface area (Å²) in [5.41, 5.74) is 5.56. The smallest absolute Gasteiger partial charge is 0.241 e. The van der Waals surface area contributed by atoms with Crippen LogP contribution in [0.15, 0.2) is 85.1 Å². The van der Waals surface area contributed by atoms with Gasteiger partial charge in [0.05, 0.1) is 6.04 Å². The highest BCUT2D eigenvalue weighted by molar-refractivity contribution is 5.94. The largest absolute Gasteiger partial charge is 0.361 e. The second-order valence-electron chi connectivity index (χ2n) is 7.74. The van der Waals surface area contributed by atoms with Gasteiger partial charge >= 0.3 is 0 Å². The Hall–Kier alpha value is -3.37. The predicted octanol–water partition coefficient (Wildman–Crippen LogP) is 5.23. The van der Waals surface area contributed by atoms with Crippen LogP contribution in [0.4, 0.5) is 5.69 Å². The lowest BCUT2D eigenvalue weighted by atomic mass is 9.90. The summed E-state index contributed by atoms with van der Waals surface area (Å²) in [4.78, 5) is 16.0. The number of aromatic nitrogens is 1. The van der Waals surface area contributed by atoms with E-state index in [2.05, 4.69) is 64.3 Å². The van der Waals surface area contributed by atoms with Crippen LogP contribution in [0, 0.1) is 6.92 Å². The van der Waals surface area contributed by atoms with Crippen molar-refractivity contribution in [2.24, 2.45) is 0 Å². The Labute approximate surface area is 177 Å². The normalized spacial score (nSPS) is 13.1. The summed E-state index contributed by atoms with van der Waals surface area (Å²) < 4.78 is 0. The molecule has 1 aromatic heterocycles. The Morgan fingerprint density at radius 3 is 2.40 bits per heavy atom. The maximum atomic E-state index is 12.7. The zero-order valence-corrected chi connectivity index (χ0v) is 17.4. The molecule has 0 unspecified atom stereocenters. The third-order valence-electron chi connectivity index (χ3n) is 5.54. The number of H-pyrrole nitrogens is 1. The molecule has 1 amide bonds. The molecule has 4 aromatic rings. The highest BCUT2D eigenvalue weighted by atomic mass is 16.2. The topological polar surface area (TPSA) is 56.9 Å². The molecule has 0 saturated heterocycles. The number of hydrogen-bond acceptors (Lipinski definition) is 2. The quantitative estimate of drug-likeness (QED) is 0.400. The number of para-hydroxylation sites is 1. The first-order valence-corrected chi connectivity index (χ1v) is 10.3. The van der Waals surface area contributed by atoms with Crippen molar-refractivity contribution in [2.45, 2.75) is 25.8 Å². The first kappa shape index (κ1) is 19.9. The summed E-state index contributed by atoms with van der Waals surface area (Å²) in [6, 6.07) is 26.3. The van der Waals surface area contributed by atoms with E-state index >= 15 is 0 Å². The number of anilines is 1. The molecule has 3 N–H and O–H groups in total. The lowest BCUT2D eigenvalue weighted by molar-refractivity contribution is -0.117. The van der Waals surface area contributed by atoms with Gasteiger partial charge in [-0.3, -0.25) is 4.79 Å². The van der Waals surface area contributed by atoms with E-state index < -0.39 is 0 Å². The van der Waals surface area contributed by atoms with Crippen molar-refractivity contribution in [1.29, 1.82) is 0 Å². The van der Waals surface area contributed by atoms with E-state index in [9.17, 15) is 4.79 Å². The van der Waals surface area contributed by atoms with Gasteiger partial charge in [-0.1, -0.05) is 66.2 Å². The zero-order chi connectivity index (χ0) is 20.9. The minimum Gasteiger partial charge on any atom is -0.361 e. The highest BCUT2D eigenvalue weighted by Crippen LogP contribution is 2.30. The second kappa shape index (κ2) is 8.97. The molecule has 0 aliphatic heterocycles. The van der Waals surface area contributed by atoms with E-state index in [1.165, 1.54) is 22.1 Å². The third kappa shape index (κ3) is 4.44. The van der Waals surface area contributed by atoms with Gasteiger partial charge in [-0.2, -0.15) is 0 Å². The van der Waals surface area contributed by atoms with Crippen LogP contribution in [0.3, 0.4) is 0 Å². The van der Waals surface area contributed by atoms with Crippen LogP contribution in [0.1, 0.15) is 29.5 Å². The molecule has 0 radical (unpaired) electrons. The van der Waals surface area contributed by atoms with Gasteiger partial charge < -0.3 is 15.6 Å². The molecule has 0 bridgehead atoms. The minimum absolute atomic E-state index is 0.0374. The van der Waals surface area contributed by atoms with Gasteiger partial charge in [0.25, 0.3) is 0 Å². The molecule has 4 rings (SSSR count). The third-order valence-corrected chi connectivity index (χ3v) is 5.54. The molecule has 0 aliphatic rings. The molecule has 0 spiro atoms. The van der Waals surface area contributed by atoms with E-state index in [1.54, 1.807) is 0 Å². The Morgan fingerprint density at radius 1 is 0.933 bits per heavy atom. The van der Waals surface area contributed by atoms with E-state index in [0.717, 1.165) is 11.2 Å². The van der Waals surface area contributed by atoms with E-state index in [1.807, 2.05) is 50.2 Å². The zero-order valence-electron chi connectivity index (χ0n) is 17.4. The van der Waals surface area contributed by atoms with E-state index in [4.69, 9.17) is 0 Å². The van der Waals surface area contributed by atoms with E-state index in [-0.39, 0.29) is 17.9 Å². The SMILES string of the molecule is Cc1ccc(NC(=O)[C@@H](C)NC[C@H](c2ccccc2)c2c[nH]c3ccccc23)cc1. The van der Waals surface area contributed by atoms with Crippen molar-refractivity contribution < 1.29 is 4.79 Å². The van der Waals surface area contributed by atoms with Crippen molar-refractivity contribution in [2.75, 3.05) is 11.9 Å². The lowest BCUT2D eigenvalue weighted by Gasteiger charge is -2.21. The number of fused-ring (bicyclic) bond motifs is 1. The fourth-order valence-electron chi connectivity index (χ4n) is 3.75. The Balaban J connectivity index is 1.51. The molecule has 152 valence electrons. The second-order valence-corrected chi connectivity index (χ2v) is 7.74. The molecule has 4 heteroatoms. The molecular weight excluding hydrogens is 370 g/mol. The van der Waals surface area contributed by atoms with Gasteiger partial charge in [-0.25, -0.2) is 0 Å². The van der Waals surface area contributed by atoms with Crippen LogP contribution in [-0.2, 0) is 4.79 Å². The van der Waals surface area contributed by atoms with Crippen LogP contribution in [0.25, 0.3) is 10.9 Å². The minimum atomic E-state index is -0.317. The molecule has 1 heterocycles. The summed E-state index contributed by atoms with van der Waals surface area (Å²) in [6.45, 7) is 4.60. The van der Waals surface area contributed by atoms with Crippen LogP contribution >= 0.6 is 0 Å². The summed E-state index contributed by atoms with van der Waals surface area (Å²) in [5, 5.41) is 7.64. The maximum absolute atomic E-state index is 12.7. The van der Waals surface area contributed by atoms with Crippen LogP contribution < -0.4 is 10.6 Å². The van der Waals surface area contributed by atoms with Gasteiger partial charge in [0.2, 0.25) is 5.91 Å². The number of benzene rings is 3. The number of nitrogens with one attached hydrogen (secondary N) is 3. The number of amides is 1. The number of carbonyl (C=O) groups excluding carboxylic acids is 1. The number of aryl methyl sites for hydroxylation is 1. The maximum Gasteiger partial charge on any atom is 0.241 e. The first-order chi connectivity index (χ1) is 14.6. The number of hydrogen-bond donors (Lipinski definition) is 3. The molecule has 2 atom stereocenters. The standard InChI is InChI=1S/C26H27N3O/c1-18-12-14-21(15-13-18)29-26(30)19(2)27-16-23(20-8-4-3-5-9-20)24-17-28-25-11-7-6-10-22(24)25/h3-15,17,19,23,27-28H,16H2,1-2H3,(H,29,30)/t19-,23-/m1/s1. The monoisotopic (exact) mass is 397 g/mol. The first-order valence-electron chi connectivity index (χ1n) is 10.3. The molecule has 0 saturated carbocycles. The average molecular weight is 398 g/mol. The average Bonchev–Trinajstić information content (AvgIpc) is 3.20. The highest BCUT2D eigenvalue weighted by Gasteiger charge is 2.20. The molecule has 4 nitrogen and oxygen atoms in total. The molecular formula is C26H27N3O. The summed E-state index contributed by atoms with van der Waals surface area (Å²) in [5.74, 6) is 0.0987.